The number of para-hydroxylation sites is 2. The molecule has 0 aliphatic heterocycles. The molecule has 0 fully saturated rings. The Balaban J connectivity index is 0.000000253. The average molecular weight is 1160 g/mol. The molecule has 0 unspecified atom stereocenters. The third kappa shape index (κ3) is 10.2. The number of fused-ring (bicyclic) bond motifs is 4. The minimum Gasteiger partial charge on any atom is 0 e. The zero-order chi connectivity index (χ0) is 45.5. The van der Waals surface area contributed by atoms with Crippen LogP contribution in [-0.2, 0) is 26.5 Å². The minimum absolute atomic E-state index is 0. The van der Waals surface area contributed by atoms with E-state index in [1.165, 1.54) is 37.9 Å². The molecule has 0 spiro atoms. The molecule has 1 radical (unpaired) electrons. The molecule has 9 aromatic rings. The van der Waals surface area contributed by atoms with Gasteiger partial charge in [0.05, 0.1) is 0 Å². The quantitative estimate of drug-likeness (QED) is 0.101. The van der Waals surface area contributed by atoms with Gasteiger partial charge in [-0.05, 0) is 5.56 Å². The molecule has 335 valence electrons. The Labute approximate surface area is 406 Å². The van der Waals surface area contributed by atoms with Gasteiger partial charge in [0.1, 0.15) is 0 Å². The van der Waals surface area contributed by atoms with Gasteiger partial charge in [0.25, 0.3) is 0 Å². The van der Waals surface area contributed by atoms with Crippen LogP contribution < -0.4 is 8.79 Å². The topological polar surface area (TPSA) is 43.9 Å². The molecule has 0 N–H and O–H groups in total. The molecule has 0 bridgehead atoms. The molecule has 0 amide bonds. The van der Waals surface area contributed by atoms with Gasteiger partial charge in [0.15, 0.2) is 0 Å². The van der Waals surface area contributed by atoms with E-state index in [0.717, 1.165) is 62.0 Å². The number of benzene rings is 6. The van der Waals surface area contributed by atoms with Gasteiger partial charge in [-0.2, -0.15) is 0 Å². The van der Waals surface area contributed by atoms with Crippen LogP contribution in [0.25, 0.3) is 72.4 Å². The van der Waals surface area contributed by atoms with Crippen molar-refractivity contribution in [1.82, 2.24) is 14.5 Å². The van der Waals surface area contributed by atoms with Gasteiger partial charge in [0, 0.05) is 20.1 Å². The van der Waals surface area contributed by atoms with Crippen molar-refractivity contribution in [2.75, 3.05) is 0 Å². The summed E-state index contributed by atoms with van der Waals surface area (Å²) in [4.78, 5) is 10.00. The van der Waals surface area contributed by atoms with Gasteiger partial charge in [-0.3, -0.25) is 0 Å². The van der Waals surface area contributed by atoms with E-state index < -0.39 is 26.5 Å². The van der Waals surface area contributed by atoms with E-state index in [9.17, 15) is 0 Å². The molecular formula is C58H63Ge2IrN3O-2. The van der Waals surface area contributed by atoms with Gasteiger partial charge in [-0.1, -0.05) is 30.3 Å². The Kier molecular flexibility index (Phi) is 14.7. The van der Waals surface area contributed by atoms with E-state index in [0.29, 0.717) is 17.8 Å². The number of aromatic nitrogens is 3. The monoisotopic (exact) mass is 1160 g/mol. The Bertz CT molecular complexity index is 3050. The molecule has 3 heterocycles. The van der Waals surface area contributed by atoms with Crippen LogP contribution in [0.1, 0.15) is 70.1 Å². The van der Waals surface area contributed by atoms with E-state index in [1.807, 2.05) is 24.3 Å². The van der Waals surface area contributed by atoms with E-state index in [4.69, 9.17) is 14.4 Å². The van der Waals surface area contributed by atoms with Crippen LogP contribution in [-0.4, -0.2) is 41.1 Å². The largest absolute Gasteiger partial charge is 0 e. The number of imidazole rings is 1. The summed E-state index contributed by atoms with van der Waals surface area (Å²) < 4.78 is 12.1. The van der Waals surface area contributed by atoms with Crippen LogP contribution in [0, 0.1) is 18.1 Å². The standard InChI is InChI=1S/C40H39GeN2O.C18H24GeN.Ir/c1-25(2)33-22-28(27-14-9-8-10-15-27)23-34(26(3)4)38(33)43-36-19-12-11-18-35(36)42-40(43)32-17-13-16-31-30-21-20-29(41(5,6)7)24-37(30)44-39(31)32;1-14(2)11-16-12-18(15-9-7-6-8-10-15)20-13-17(16)19(3,4)5;/h8-16,18-26H,1-7H3;6-9,12-14H,11H2,1-5H3;/q2*-1;. The van der Waals surface area contributed by atoms with Gasteiger partial charge in [-0.25, -0.2) is 0 Å². The van der Waals surface area contributed by atoms with Crippen LogP contribution >= 0.6 is 0 Å². The van der Waals surface area contributed by atoms with Gasteiger partial charge in [-0.15, -0.1) is 0 Å². The maximum Gasteiger partial charge on any atom is 0 e. The van der Waals surface area contributed by atoms with Crippen LogP contribution in [0.2, 0.25) is 34.5 Å². The van der Waals surface area contributed by atoms with Gasteiger partial charge in [0.2, 0.25) is 0 Å². The van der Waals surface area contributed by atoms with E-state index >= 15 is 0 Å². The Morgan fingerprint density at radius 3 is 1.95 bits per heavy atom. The summed E-state index contributed by atoms with van der Waals surface area (Å²) in [6.07, 6.45) is 3.27. The van der Waals surface area contributed by atoms with Crippen molar-refractivity contribution in [3.63, 3.8) is 0 Å². The number of hydrogen-bond donors (Lipinski definition) is 0. The van der Waals surface area contributed by atoms with E-state index in [-0.39, 0.29) is 20.1 Å². The molecule has 0 saturated carbocycles. The fourth-order valence-corrected chi connectivity index (χ4v) is 14.6. The van der Waals surface area contributed by atoms with Crippen molar-refractivity contribution in [2.24, 2.45) is 5.92 Å². The third-order valence-corrected chi connectivity index (χ3v) is 20.9. The van der Waals surface area contributed by atoms with Gasteiger partial charge < -0.3 is 0 Å². The average Bonchev–Trinajstić information content (AvgIpc) is 3.84. The molecule has 4 nitrogen and oxygen atoms in total. The second-order valence-electron chi connectivity index (χ2n) is 20.4. The summed E-state index contributed by atoms with van der Waals surface area (Å²) in [6.45, 7) is 13.7. The molecule has 0 aliphatic rings. The van der Waals surface area contributed by atoms with E-state index in [1.54, 1.807) is 4.40 Å². The van der Waals surface area contributed by atoms with Crippen LogP contribution in [0.5, 0.6) is 0 Å². The van der Waals surface area contributed by atoms with Gasteiger partial charge >= 0.3 is 353 Å². The summed E-state index contributed by atoms with van der Waals surface area (Å²) in [7, 11) is 0. The normalized spacial score (nSPS) is 12.0. The van der Waals surface area contributed by atoms with Crippen molar-refractivity contribution < 1.29 is 24.5 Å². The maximum absolute atomic E-state index is 6.74. The number of rotatable bonds is 10. The first-order chi connectivity index (χ1) is 30.5. The first kappa shape index (κ1) is 48.4. The number of furan rings is 1. The summed E-state index contributed by atoms with van der Waals surface area (Å²) in [6, 6.07) is 52.2. The van der Waals surface area contributed by atoms with Crippen molar-refractivity contribution in [3.05, 3.63) is 162 Å². The fourth-order valence-electron chi connectivity index (χ4n) is 8.89. The Hall–Kier alpha value is -4.52. The predicted octanol–water partition coefficient (Wildman–Crippen LogP) is 15.1. The number of pyridine rings is 1. The fraction of sp³-hybridized carbons (Fsp3) is 0.276. The SMILES string of the molecule is CC(C)Cc1cc(-c2[c-]cccc2)nc[c]1[Ge]([CH3])([CH3])[CH3].CC(C)c1cc(-c2ccccc2)cc(C(C)C)c1-n1c(-c2[c-]ccc3c2oc2c[c]([Ge]([CH3])([CH3])[CH3])ccc23)nc2ccccc21.[Ir]. The second kappa shape index (κ2) is 19.7. The first-order valence-electron chi connectivity index (χ1n) is 23.0. The molecule has 3 aromatic heterocycles. The zero-order valence-electron chi connectivity index (χ0n) is 40.2. The van der Waals surface area contributed by atoms with Crippen LogP contribution in [0.15, 0.2) is 138 Å². The molecular weight excluding hydrogens is 1090 g/mol. The number of nitrogens with zero attached hydrogens (tertiary/aromatic N) is 3. The van der Waals surface area contributed by atoms with Crippen molar-refractivity contribution >= 4 is 68.3 Å². The smallest absolute Gasteiger partial charge is 0 e. The molecule has 0 atom stereocenters. The molecule has 0 aliphatic carbocycles. The zero-order valence-corrected chi connectivity index (χ0v) is 46.8. The molecule has 65 heavy (non-hydrogen) atoms. The number of hydrogen-bond acceptors (Lipinski definition) is 3. The summed E-state index contributed by atoms with van der Waals surface area (Å²) in [5, 5.41) is 2.25. The predicted molar refractivity (Wildman–Crippen MR) is 279 cm³/mol. The van der Waals surface area contributed by atoms with Crippen LogP contribution in [0.4, 0.5) is 0 Å². The maximum atomic E-state index is 6.74. The molecule has 0 saturated heterocycles. The molecule has 7 heteroatoms. The van der Waals surface area contributed by atoms with Crippen molar-refractivity contribution in [3.8, 4) is 39.5 Å². The Morgan fingerprint density at radius 1 is 0.646 bits per heavy atom. The molecule has 6 aromatic carbocycles. The summed E-state index contributed by atoms with van der Waals surface area (Å²) in [5.41, 5.74) is 14.7. The van der Waals surface area contributed by atoms with Crippen LogP contribution in [0.3, 0.4) is 0 Å². The summed E-state index contributed by atoms with van der Waals surface area (Å²) >= 11 is -3.89. The van der Waals surface area contributed by atoms with Crippen molar-refractivity contribution in [1.29, 1.82) is 0 Å². The first-order valence-corrected chi connectivity index (χ1v) is 37.7. The van der Waals surface area contributed by atoms with E-state index in [2.05, 4.69) is 202 Å². The van der Waals surface area contributed by atoms with Crippen molar-refractivity contribution in [2.45, 2.75) is 94.3 Å². The minimum atomic E-state index is -2.04. The second-order valence-corrected chi connectivity index (χ2v) is 41.7. The summed E-state index contributed by atoms with van der Waals surface area (Å²) in [5.74, 6) is 16.7. The third-order valence-electron chi connectivity index (χ3n) is 12.2. The Morgan fingerprint density at radius 2 is 1.32 bits per heavy atom. The molecule has 9 rings (SSSR count).